The first-order valence-electron chi connectivity index (χ1n) is 11.9. The van der Waals surface area contributed by atoms with Crippen LogP contribution in [0.25, 0.3) is 28.4 Å². The normalized spacial score (nSPS) is 13.0. The molecular weight excluding hydrogens is 731 g/mol. The number of morpholine rings is 1. The minimum Gasteiger partial charge on any atom is -0.664 e. The Labute approximate surface area is 294 Å². The van der Waals surface area contributed by atoms with Gasteiger partial charge in [-0.2, -0.15) is 13.2 Å². The smallest absolute Gasteiger partial charge is 0.417 e. The molecule has 228 valence electrons. The van der Waals surface area contributed by atoms with Gasteiger partial charge in [0, 0.05) is 96.5 Å². The van der Waals surface area contributed by atoms with Crippen LogP contribution in [-0.4, -0.2) is 76.7 Å². The Morgan fingerprint density at radius 2 is 1.70 bits per heavy atom. The first-order chi connectivity index (χ1) is 19.1. The van der Waals surface area contributed by atoms with Crippen LogP contribution < -0.4 is 10.2 Å². The fourth-order valence-corrected chi connectivity index (χ4v) is 3.60. The third-order valence-corrected chi connectivity index (χ3v) is 5.28. The summed E-state index contributed by atoms with van der Waals surface area (Å²) in [6.45, 7) is 6.79. The van der Waals surface area contributed by atoms with Crippen molar-refractivity contribution in [3.05, 3.63) is 47.1 Å². The largest absolute Gasteiger partial charge is 0.664 e. The van der Waals surface area contributed by atoms with Gasteiger partial charge in [0.2, 0.25) is 6.09 Å². The van der Waals surface area contributed by atoms with Gasteiger partial charge in [-0.3, -0.25) is 10.1 Å². The molecule has 4 heterocycles. The fraction of sp³-hybridized carbons (Fsp3) is 0.417. The van der Waals surface area contributed by atoms with Gasteiger partial charge < -0.3 is 35.4 Å². The third kappa shape index (κ3) is 10.9. The van der Waals surface area contributed by atoms with Gasteiger partial charge in [0.25, 0.3) is 0 Å². The zero-order valence-electron chi connectivity index (χ0n) is 23.6. The van der Waals surface area contributed by atoms with Crippen molar-refractivity contribution in [3.63, 3.8) is 0 Å². The number of hydrogen-bond donors (Lipinski definition) is 1. The molecule has 1 aliphatic heterocycles. The SMILES string of the molecule is CC(C)(C)OC([NH-])=O.COC(=O)Nc1cc(C(F)(F)F)c(-c2nc(N3CCOCC3)c3cc(C([NH-])=O)cn3n2)cn1.[Y].[Y]. The average Bonchev–Trinajstić information content (AvgIpc) is 3.32. The number of pyridine rings is 1. The maximum Gasteiger partial charge on any atom is 0.417 e. The molecule has 0 aromatic carbocycles. The predicted molar refractivity (Wildman–Crippen MR) is 139 cm³/mol. The molecular formula is C24H27F3N8O6Y2-2. The number of alkyl halides is 3. The molecule has 0 aliphatic carbocycles. The number of nitrogens with one attached hydrogen (secondary N) is 3. The molecule has 1 fully saturated rings. The molecule has 1 saturated heterocycles. The van der Waals surface area contributed by atoms with E-state index in [0.717, 1.165) is 13.3 Å². The zero-order chi connectivity index (χ0) is 30.5. The van der Waals surface area contributed by atoms with Crippen molar-refractivity contribution in [1.82, 2.24) is 19.6 Å². The van der Waals surface area contributed by atoms with E-state index in [4.69, 9.17) is 16.2 Å². The molecule has 3 aromatic heterocycles. The standard InChI is InChI=1S/C19H18F3N7O4.C5H11NO2.2Y/c1-32-18(31)25-14-7-12(19(20,21)22)11(8-24-14)16-26-17(28-2-4-33-5-3-28)13-6-10(15(23)30)9-29(13)27-16;1-5(2,3)8-4(6)7;;/h6-9H,2-5H2,1H3,(H3,23,24,25,27,30,31);1-3H3,(H2,6,7);;/p-2. The van der Waals surface area contributed by atoms with Crippen molar-refractivity contribution in [2.24, 2.45) is 0 Å². The second-order valence-electron chi connectivity index (χ2n) is 9.48. The molecule has 14 nitrogen and oxygen atoms in total. The summed E-state index contributed by atoms with van der Waals surface area (Å²) in [5.74, 6) is -1.34. The van der Waals surface area contributed by atoms with Crippen LogP contribution in [0.5, 0.6) is 0 Å². The van der Waals surface area contributed by atoms with E-state index in [2.05, 4.69) is 29.9 Å². The van der Waals surface area contributed by atoms with Crippen molar-refractivity contribution in [1.29, 1.82) is 0 Å². The van der Waals surface area contributed by atoms with E-state index in [9.17, 15) is 27.6 Å². The maximum absolute atomic E-state index is 13.9. The number of ether oxygens (including phenoxy) is 3. The Bertz CT molecular complexity index is 1440. The van der Waals surface area contributed by atoms with Crippen LogP contribution in [0.4, 0.5) is 34.4 Å². The minimum absolute atomic E-state index is 0. The number of rotatable bonds is 4. The number of halogens is 3. The molecule has 19 heteroatoms. The van der Waals surface area contributed by atoms with E-state index in [1.54, 1.807) is 25.7 Å². The van der Waals surface area contributed by atoms with E-state index in [0.29, 0.717) is 43.7 Å². The second-order valence-corrected chi connectivity index (χ2v) is 9.48. The number of fused-ring (bicyclic) bond motifs is 1. The number of carbonyl (C=O) groups is 3. The quantitative estimate of drug-likeness (QED) is 0.381. The van der Waals surface area contributed by atoms with Crippen molar-refractivity contribution < 1.29 is 107 Å². The first kappa shape index (κ1) is 38.6. The van der Waals surface area contributed by atoms with Crippen LogP contribution in [0.15, 0.2) is 24.5 Å². The van der Waals surface area contributed by atoms with E-state index in [1.165, 1.54) is 16.8 Å². The second kappa shape index (κ2) is 16.0. The maximum atomic E-state index is 13.9. The van der Waals surface area contributed by atoms with E-state index < -0.39 is 41.0 Å². The molecule has 3 N–H and O–H groups in total. The summed E-state index contributed by atoms with van der Waals surface area (Å²) < 4.78 is 57.0. The summed E-state index contributed by atoms with van der Waals surface area (Å²) in [6.07, 6.45) is -4.61. The molecule has 4 rings (SSSR count). The summed E-state index contributed by atoms with van der Waals surface area (Å²) in [5, 5.41) is 6.24. The Morgan fingerprint density at radius 1 is 1.07 bits per heavy atom. The number of methoxy groups -OCH3 is 1. The van der Waals surface area contributed by atoms with Gasteiger partial charge in [-0.25, -0.2) is 19.3 Å². The molecule has 2 radical (unpaired) electrons. The summed E-state index contributed by atoms with van der Waals surface area (Å²) >= 11 is 0. The number of nitrogens with zero attached hydrogens (tertiary/aromatic N) is 5. The Kier molecular flexibility index (Phi) is 14.4. The molecule has 0 atom stereocenters. The number of aromatic nitrogens is 4. The summed E-state index contributed by atoms with van der Waals surface area (Å²) in [7, 11) is 1.07. The van der Waals surface area contributed by atoms with Gasteiger partial charge in [-0.15, -0.1) is 5.10 Å². The molecule has 0 saturated carbocycles. The monoisotopic (exact) mass is 758 g/mol. The average molecular weight is 758 g/mol. The number of amides is 3. The minimum atomic E-state index is -4.82. The van der Waals surface area contributed by atoms with Crippen LogP contribution in [-0.2, 0) is 85.8 Å². The van der Waals surface area contributed by atoms with Crippen molar-refractivity contribution in [3.8, 4) is 11.4 Å². The van der Waals surface area contributed by atoms with E-state index >= 15 is 0 Å². The zero-order valence-corrected chi connectivity index (χ0v) is 29.3. The molecule has 3 amide bonds. The van der Waals surface area contributed by atoms with E-state index in [-0.39, 0.29) is 82.6 Å². The van der Waals surface area contributed by atoms with Crippen LogP contribution in [0, 0.1) is 0 Å². The van der Waals surface area contributed by atoms with Crippen LogP contribution >= 0.6 is 0 Å². The van der Waals surface area contributed by atoms with Gasteiger partial charge in [0.05, 0.1) is 37.4 Å². The Balaban J connectivity index is 0.000000817. The molecule has 0 unspecified atom stereocenters. The predicted octanol–water partition coefficient (Wildman–Crippen LogP) is 4.99. The summed E-state index contributed by atoms with van der Waals surface area (Å²) in [6, 6.07) is 2.07. The number of anilines is 2. The van der Waals surface area contributed by atoms with Crippen molar-refractivity contribution in [2.75, 3.05) is 43.6 Å². The van der Waals surface area contributed by atoms with Crippen LogP contribution in [0.2, 0.25) is 0 Å². The van der Waals surface area contributed by atoms with Crippen molar-refractivity contribution >= 4 is 35.2 Å². The van der Waals surface area contributed by atoms with Gasteiger partial charge in [-0.05, 0) is 32.9 Å². The fourth-order valence-electron chi connectivity index (χ4n) is 3.60. The number of carbonyl (C=O) groups excluding carboxylic acids is 3. The van der Waals surface area contributed by atoms with Gasteiger partial charge >= 0.3 is 12.3 Å². The van der Waals surface area contributed by atoms with E-state index in [1.807, 2.05) is 0 Å². The Morgan fingerprint density at radius 3 is 2.19 bits per heavy atom. The van der Waals surface area contributed by atoms with Gasteiger partial charge in [0.1, 0.15) is 16.9 Å². The molecule has 3 aromatic rings. The molecule has 43 heavy (non-hydrogen) atoms. The summed E-state index contributed by atoms with van der Waals surface area (Å²) in [5.41, 5.74) is 12.0. The van der Waals surface area contributed by atoms with Gasteiger partial charge in [-0.1, -0.05) is 0 Å². The first-order valence-corrected chi connectivity index (χ1v) is 11.9. The van der Waals surface area contributed by atoms with Gasteiger partial charge in [0.15, 0.2) is 11.6 Å². The third-order valence-electron chi connectivity index (χ3n) is 5.28. The topological polar surface area (TPSA) is 185 Å². The van der Waals surface area contributed by atoms with Crippen LogP contribution in [0.1, 0.15) is 36.7 Å². The molecule has 0 spiro atoms. The molecule has 1 aliphatic rings. The number of hydrogen-bond acceptors (Lipinski definition) is 10. The Hall–Kier alpha value is -2.46. The van der Waals surface area contributed by atoms with Crippen molar-refractivity contribution in [2.45, 2.75) is 32.5 Å². The summed E-state index contributed by atoms with van der Waals surface area (Å²) in [4.78, 5) is 42.9. The van der Waals surface area contributed by atoms with Crippen LogP contribution in [0.3, 0.4) is 0 Å². The molecule has 0 bridgehead atoms.